The SMILES string of the molecule is C/C=C\[C@@H](c1ccccc1)[Si](Cl)(Cl)Cl. The van der Waals surface area contributed by atoms with Gasteiger partial charge in [-0.05, 0) is 12.5 Å². The van der Waals surface area contributed by atoms with Crippen LogP contribution in [-0.2, 0) is 0 Å². The first kappa shape index (κ1) is 12.1. The highest BCUT2D eigenvalue weighted by atomic mass is 35.8. The van der Waals surface area contributed by atoms with Crippen LogP contribution in [-0.4, -0.2) is 6.00 Å². The lowest BCUT2D eigenvalue weighted by Gasteiger charge is -2.18. The van der Waals surface area contributed by atoms with Gasteiger partial charge in [-0.2, -0.15) is 0 Å². The summed E-state index contributed by atoms with van der Waals surface area (Å²) in [7, 11) is 0. The molecule has 14 heavy (non-hydrogen) atoms. The molecule has 0 N–H and O–H groups in total. The highest BCUT2D eigenvalue weighted by Crippen LogP contribution is 2.37. The second kappa shape index (κ2) is 5.22. The third-order valence-electron chi connectivity index (χ3n) is 1.90. The van der Waals surface area contributed by atoms with E-state index in [1.807, 2.05) is 49.4 Å². The minimum Gasteiger partial charge on any atom is -0.125 e. The molecule has 0 nitrogen and oxygen atoms in total. The zero-order chi connectivity index (χ0) is 10.6. The lowest BCUT2D eigenvalue weighted by atomic mass is 10.1. The van der Waals surface area contributed by atoms with E-state index < -0.39 is 6.00 Å². The number of hydrogen-bond donors (Lipinski definition) is 0. The van der Waals surface area contributed by atoms with Crippen LogP contribution in [0.25, 0.3) is 0 Å². The first-order valence-corrected chi connectivity index (χ1v) is 9.41. The van der Waals surface area contributed by atoms with Crippen molar-refractivity contribution in [1.82, 2.24) is 0 Å². The van der Waals surface area contributed by atoms with Gasteiger partial charge in [0, 0.05) is 5.54 Å². The molecule has 0 aliphatic rings. The van der Waals surface area contributed by atoms with Gasteiger partial charge in [-0.15, -0.1) is 33.2 Å². The lowest BCUT2D eigenvalue weighted by Crippen LogP contribution is -2.21. The van der Waals surface area contributed by atoms with E-state index in [0.717, 1.165) is 5.56 Å². The number of rotatable bonds is 3. The Morgan fingerprint density at radius 2 is 1.71 bits per heavy atom. The van der Waals surface area contributed by atoms with Crippen LogP contribution in [0.4, 0.5) is 0 Å². The molecule has 0 aromatic heterocycles. The molecular weight excluding hydrogens is 255 g/mol. The van der Waals surface area contributed by atoms with E-state index in [4.69, 9.17) is 33.2 Å². The second-order valence-electron chi connectivity index (χ2n) is 2.96. The predicted molar refractivity (Wildman–Crippen MR) is 67.3 cm³/mol. The number of benzene rings is 1. The van der Waals surface area contributed by atoms with Crippen molar-refractivity contribution in [2.24, 2.45) is 0 Å². The summed E-state index contributed by atoms with van der Waals surface area (Å²) in [5.41, 5.74) is 1.01. The van der Waals surface area contributed by atoms with Crippen LogP contribution in [0.3, 0.4) is 0 Å². The molecule has 1 aromatic rings. The third-order valence-corrected chi connectivity index (χ3v) is 5.24. The van der Waals surface area contributed by atoms with Gasteiger partial charge in [0.05, 0.1) is 0 Å². The molecule has 0 aliphatic heterocycles. The Balaban J connectivity index is 3.01. The number of halogens is 3. The molecule has 1 aromatic carbocycles. The Bertz CT molecular complexity index is 303. The number of hydrogen-bond acceptors (Lipinski definition) is 0. The van der Waals surface area contributed by atoms with Gasteiger partial charge in [0.1, 0.15) is 0 Å². The fourth-order valence-electron chi connectivity index (χ4n) is 1.26. The topological polar surface area (TPSA) is 0 Å². The normalized spacial score (nSPS) is 14.6. The Kier molecular flexibility index (Phi) is 4.52. The molecule has 0 heterocycles. The molecule has 0 saturated carbocycles. The van der Waals surface area contributed by atoms with E-state index in [-0.39, 0.29) is 5.54 Å². The zero-order valence-corrected chi connectivity index (χ0v) is 11.0. The summed E-state index contributed by atoms with van der Waals surface area (Å²) in [6.45, 7) is 1.93. The third kappa shape index (κ3) is 3.32. The first-order valence-electron chi connectivity index (χ1n) is 4.30. The van der Waals surface area contributed by atoms with Crippen molar-refractivity contribution in [1.29, 1.82) is 0 Å². The van der Waals surface area contributed by atoms with Gasteiger partial charge in [-0.25, -0.2) is 0 Å². The van der Waals surface area contributed by atoms with Crippen LogP contribution in [0, 0.1) is 0 Å². The van der Waals surface area contributed by atoms with Gasteiger partial charge in [-0.3, -0.25) is 0 Å². The summed E-state index contributed by atoms with van der Waals surface area (Å²) in [4.78, 5) is 0. The molecular formula is C10H11Cl3Si. The van der Waals surface area contributed by atoms with E-state index in [0.29, 0.717) is 0 Å². The zero-order valence-electron chi connectivity index (χ0n) is 7.75. The summed E-state index contributed by atoms with van der Waals surface area (Å²) in [6, 6.07) is 7.12. The molecule has 4 heteroatoms. The summed E-state index contributed by atoms with van der Waals surface area (Å²) < 4.78 is 0. The van der Waals surface area contributed by atoms with Crippen molar-refractivity contribution in [2.45, 2.75) is 12.5 Å². The lowest BCUT2D eigenvalue weighted by molar-refractivity contribution is 1.19. The molecule has 76 valence electrons. The highest BCUT2D eigenvalue weighted by molar-refractivity contribution is 7.65. The van der Waals surface area contributed by atoms with Crippen molar-refractivity contribution >= 4 is 39.2 Å². The van der Waals surface area contributed by atoms with Crippen LogP contribution in [0.1, 0.15) is 18.0 Å². The van der Waals surface area contributed by atoms with Gasteiger partial charge in [0.2, 0.25) is 0 Å². The Morgan fingerprint density at radius 1 is 1.14 bits per heavy atom. The average molecular weight is 266 g/mol. The predicted octanol–water partition coefficient (Wildman–Crippen LogP) is 4.54. The van der Waals surface area contributed by atoms with Crippen LogP contribution >= 0.6 is 33.2 Å². The van der Waals surface area contributed by atoms with E-state index in [2.05, 4.69) is 0 Å². The van der Waals surface area contributed by atoms with Gasteiger partial charge < -0.3 is 0 Å². The fraction of sp³-hybridized carbons (Fsp3) is 0.200. The maximum Gasteiger partial charge on any atom is 0.352 e. The maximum absolute atomic E-state index is 6.03. The van der Waals surface area contributed by atoms with Crippen molar-refractivity contribution in [2.75, 3.05) is 0 Å². The largest absolute Gasteiger partial charge is 0.352 e. The van der Waals surface area contributed by atoms with Gasteiger partial charge in [-0.1, -0.05) is 42.5 Å². The summed E-state index contributed by atoms with van der Waals surface area (Å²) in [5, 5.41) is 0. The van der Waals surface area contributed by atoms with Crippen molar-refractivity contribution < 1.29 is 0 Å². The molecule has 0 aliphatic carbocycles. The fourth-order valence-corrected chi connectivity index (χ4v) is 4.03. The van der Waals surface area contributed by atoms with Gasteiger partial charge >= 0.3 is 6.00 Å². The van der Waals surface area contributed by atoms with Gasteiger partial charge in [0.25, 0.3) is 0 Å². The molecule has 0 amide bonds. The summed E-state index contributed by atoms with van der Waals surface area (Å²) >= 11 is 18.1. The molecule has 0 spiro atoms. The quantitative estimate of drug-likeness (QED) is 0.428. The van der Waals surface area contributed by atoms with E-state index in [1.54, 1.807) is 0 Å². The number of allylic oxidation sites excluding steroid dienone is 2. The highest BCUT2D eigenvalue weighted by Gasteiger charge is 2.35. The monoisotopic (exact) mass is 264 g/mol. The molecule has 0 unspecified atom stereocenters. The first-order chi connectivity index (χ1) is 6.55. The molecule has 1 rings (SSSR count). The van der Waals surface area contributed by atoms with Crippen LogP contribution in [0.2, 0.25) is 0 Å². The molecule has 0 radical (unpaired) electrons. The van der Waals surface area contributed by atoms with Crippen molar-refractivity contribution in [3.8, 4) is 0 Å². The summed E-state index contributed by atoms with van der Waals surface area (Å²) in [6.07, 6.45) is 3.88. The molecule has 1 atom stereocenters. The average Bonchev–Trinajstić information content (AvgIpc) is 2.14. The van der Waals surface area contributed by atoms with Crippen molar-refractivity contribution in [3.63, 3.8) is 0 Å². The summed E-state index contributed by atoms with van der Waals surface area (Å²) in [5.74, 6) is 0. The smallest absolute Gasteiger partial charge is 0.125 e. The van der Waals surface area contributed by atoms with Crippen LogP contribution < -0.4 is 0 Å². The Hall–Kier alpha value is 0.0469. The standard InChI is InChI=1S/C10H11Cl3Si/c1-2-6-10(14(11,12)13)9-7-4-3-5-8-9/h2-8,10H,1H3/b6-2-/t10-/m0/s1. The van der Waals surface area contributed by atoms with Gasteiger partial charge in [0.15, 0.2) is 0 Å². The van der Waals surface area contributed by atoms with E-state index >= 15 is 0 Å². The molecule has 0 saturated heterocycles. The molecule has 0 fully saturated rings. The van der Waals surface area contributed by atoms with E-state index in [1.165, 1.54) is 0 Å². The van der Waals surface area contributed by atoms with Crippen molar-refractivity contribution in [3.05, 3.63) is 48.0 Å². The minimum atomic E-state index is -2.72. The minimum absolute atomic E-state index is 0.0568. The molecule has 0 bridgehead atoms. The second-order valence-corrected chi connectivity index (χ2v) is 11.8. The Labute approximate surface area is 99.6 Å². The Morgan fingerprint density at radius 3 is 2.14 bits per heavy atom. The maximum atomic E-state index is 6.03. The van der Waals surface area contributed by atoms with Crippen LogP contribution in [0.15, 0.2) is 42.5 Å². The van der Waals surface area contributed by atoms with Crippen LogP contribution in [0.5, 0.6) is 0 Å². The van der Waals surface area contributed by atoms with E-state index in [9.17, 15) is 0 Å².